The molecule has 192 valence electrons. The lowest BCUT2D eigenvalue weighted by molar-refractivity contribution is 0.301. The molecule has 1 aliphatic rings. The van der Waals surface area contributed by atoms with Gasteiger partial charge < -0.3 is 4.74 Å². The summed E-state index contributed by atoms with van der Waals surface area (Å²) < 4.78 is 48.5. The second-order valence-corrected chi connectivity index (χ2v) is 10.2. The molecule has 3 aromatic carbocycles. The Bertz CT molecular complexity index is 1130. The Morgan fingerprint density at radius 2 is 1.36 bits per heavy atom. The molecule has 1 nitrogen and oxygen atoms in total. The summed E-state index contributed by atoms with van der Waals surface area (Å²) in [6.07, 6.45) is 12.8. The molecule has 1 fully saturated rings. The average Bonchev–Trinajstić information content (AvgIpc) is 2.91. The first-order chi connectivity index (χ1) is 17.5. The van der Waals surface area contributed by atoms with Gasteiger partial charge in [-0.1, -0.05) is 81.8 Å². The van der Waals surface area contributed by atoms with Crippen LogP contribution in [0.2, 0.25) is 0 Å². The summed E-state index contributed by atoms with van der Waals surface area (Å²) in [4.78, 5) is 0. The zero-order chi connectivity index (χ0) is 25.5. The lowest BCUT2D eigenvalue weighted by Gasteiger charge is -2.29. The number of hydrogen-bond donors (Lipinski definition) is 0. The lowest BCUT2D eigenvalue weighted by atomic mass is 9.77. The van der Waals surface area contributed by atoms with Crippen molar-refractivity contribution in [2.24, 2.45) is 5.92 Å². The normalized spacial score (nSPS) is 17.8. The standard InChI is InChI=1S/C32H37F3O/c1-3-4-5-6-7-8-22-9-11-23(12-10-22)26-17-18-27(29(33)21-26)24-13-15-25(16-14-24)28-19-20-30(36-2)32(35)31(28)34/h13-23H,3-12H2,1-2H3. The highest BCUT2D eigenvalue weighted by molar-refractivity contribution is 5.71. The predicted octanol–water partition coefficient (Wildman–Crippen LogP) is 10.1. The number of benzene rings is 3. The number of methoxy groups -OCH3 is 1. The Hall–Kier alpha value is -2.75. The summed E-state index contributed by atoms with van der Waals surface area (Å²) in [7, 11) is 1.30. The second kappa shape index (κ2) is 12.5. The maximum absolute atomic E-state index is 15.1. The van der Waals surface area contributed by atoms with Crippen LogP contribution < -0.4 is 4.74 Å². The van der Waals surface area contributed by atoms with E-state index in [2.05, 4.69) is 13.0 Å². The van der Waals surface area contributed by atoms with Crippen molar-refractivity contribution in [3.05, 3.63) is 77.6 Å². The summed E-state index contributed by atoms with van der Waals surface area (Å²) in [5.74, 6) is -1.08. The molecule has 0 N–H and O–H groups in total. The van der Waals surface area contributed by atoms with Gasteiger partial charge in [-0.2, -0.15) is 4.39 Å². The van der Waals surface area contributed by atoms with E-state index in [-0.39, 0.29) is 17.1 Å². The Morgan fingerprint density at radius 3 is 2.00 bits per heavy atom. The van der Waals surface area contributed by atoms with Crippen molar-refractivity contribution in [2.75, 3.05) is 7.11 Å². The second-order valence-electron chi connectivity index (χ2n) is 10.2. The van der Waals surface area contributed by atoms with Crippen molar-refractivity contribution in [3.63, 3.8) is 0 Å². The first kappa shape index (κ1) is 26.3. The largest absolute Gasteiger partial charge is 0.494 e. The van der Waals surface area contributed by atoms with Gasteiger partial charge in [-0.25, -0.2) is 8.78 Å². The van der Waals surface area contributed by atoms with E-state index in [9.17, 15) is 8.78 Å². The SMILES string of the molecule is CCCCCCCC1CCC(c2ccc(-c3ccc(-c4ccc(OC)c(F)c4F)cc3)c(F)c2)CC1. The third kappa shape index (κ3) is 6.14. The van der Waals surface area contributed by atoms with E-state index in [4.69, 9.17) is 4.74 Å². The highest BCUT2D eigenvalue weighted by Gasteiger charge is 2.23. The third-order valence-electron chi connectivity index (χ3n) is 7.80. The molecular weight excluding hydrogens is 457 g/mol. The monoisotopic (exact) mass is 494 g/mol. The van der Waals surface area contributed by atoms with Crippen molar-refractivity contribution in [1.29, 1.82) is 0 Å². The van der Waals surface area contributed by atoms with E-state index < -0.39 is 11.6 Å². The molecular formula is C32H37F3O. The fourth-order valence-corrected chi connectivity index (χ4v) is 5.58. The van der Waals surface area contributed by atoms with Crippen LogP contribution in [0.5, 0.6) is 5.75 Å². The van der Waals surface area contributed by atoms with Gasteiger partial charge in [0.2, 0.25) is 5.82 Å². The molecule has 0 heterocycles. The molecule has 36 heavy (non-hydrogen) atoms. The van der Waals surface area contributed by atoms with E-state index in [0.29, 0.717) is 22.6 Å². The van der Waals surface area contributed by atoms with Crippen molar-refractivity contribution < 1.29 is 17.9 Å². The summed E-state index contributed by atoms with van der Waals surface area (Å²) in [6.45, 7) is 2.25. The van der Waals surface area contributed by atoms with Gasteiger partial charge in [0.25, 0.3) is 0 Å². The Kier molecular flexibility index (Phi) is 9.12. The number of hydrogen-bond acceptors (Lipinski definition) is 1. The van der Waals surface area contributed by atoms with Gasteiger partial charge in [0.05, 0.1) is 7.11 Å². The molecule has 0 saturated heterocycles. The predicted molar refractivity (Wildman–Crippen MR) is 142 cm³/mol. The quantitative estimate of drug-likeness (QED) is 0.255. The van der Waals surface area contributed by atoms with Gasteiger partial charge in [-0.15, -0.1) is 0 Å². The van der Waals surface area contributed by atoms with Crippen molar-refractivity contribution in [3.8, 4) is 28.0 Å². The summed E-state index contributed by atoms with van der Waals surface area (Å²) in [6, 6.07) is 15.4. The van der Waals surface area contributed by atoms with Gasteiger partial charge in [-0.3, -0.25) is 0 Å². The number of ether oxygens (including phenoxy) is 1. The van der Waals surface area contributed by atoms with E-state index in [1.165, 1.54) is 70.6 Å². The smallest absolute Gasteiger partial charge is 0.201 e. The van der Waals surface area contributed by atoms with Crippen molar-refractivity contribution in [2.45, 2.75) is 77.0 Å². The average molecular weight is 495 g/mol. The highest BCUT2D eigenvalue weighted by atomic mass is 19.2. The van der Waals surface area contributed by atoms with Gasteiger partial charge in [0.1, 0.15) is 5.82 Å². The van der Waals surface area contributed by atoms with Crippen molar-refractivity contribution >= 4 is 0 Å². The van der Waals surface area contributed by atoms with Crippen LogP contribution >= 0.6 is 0 Å². The molecule has 0 amide bonds. The zero-order valence-corrected chi connectivity index (χ0v) is 21.5. The summed E-state index contributed by atoms with van der Waals surface area (Å²) in [5, 5.41) is 0. The van der Waals surface area contributed by atoms with E-state index >= 15 is 4.39 Å². The summed E-state index contributed by atoms with van der Waals surface area (Å²) >= 11 is 0. The molecule has 0 bridgehead atoms. The molecule has 0 aliphatic heterocycles. The third-order valence-corrected chi connectivity index (χ3v) is 7.80. The number of unbranched alkanes of at least 4 members (excludes halogenated alkanes) is 4. The van der Waals surface area contributed by atoms with Crippen LogP contribution in [-0.2, 0) is 0 Å². The Balaban J connectivity index is 1.38. The Morgan fingerprint density at radius 1 is 0.722 bits per heavy atom. The van der Waals surface area contributed by atoms with E-state index in [1.54, 1.807) is 30.3 Å². The highest BCUT2D eigenvalue weighted by Crippen LogP contribution is 2.39. The minimum atomic E-state index is -1.01. The van der Waals surface area contributed by atoms with Crippen LogP contribution in [0.3, 0.4) is 0 Å². The van der Waals surface area contributed by atoms with E-state index in [0.717, 1.165) is 24.3 Å². The molecule has 4 heteroatoms. The fraction of sp³-hybridized carbons (Fsp3) is 0.438. The zero-order valence-electron chi connectivity index (χ0n) is 21.5. The van der Waals surface area contributed by atoms with Crippen LogP contribution in [-0.4, -0.2) is 7.11 Å². The van der Waals surface area contributed by atoms with Gasteiger partial charge in [0.15, 0.2) is 11.6 Å². The van der Waals surface area contributed by atoms with Crippen LogP contribution in [0.15, 0.2) is 54.6 Å². The minimum Gasteiger partial charge on any atom is -0.494 e. The van der Waals surface area contributed by atoms with Gasteiger partial charge >= 0.3 is 0 Å². The molecule has 0 spiro atoms. The molecule has 0 radical (unpaired) electrons. The van der Waals surface area contributed by atoms with Crippen LogP contribution in [0.4, 0.5) is 13.2 Å². The minimum absolute atomic E-state index is 0.133. The lowest BCUT2D eigenvalue weighted by Crippen LogP contribution is -2.13. The maximum Gasteiger partial charge on any atom is 0.201 e. The maximum atomic E-state index is 15.1. The molecule has 1 aliphatic carbocycles. The number of halogens is 3. The summed E-state index contributed by atoms with van der Waals surface area (Å²) in [5.41, 5.74) is 2.99. The molecule has 0 atom stereocenters. The first-order valence-corrected chi connectivity index (χ1v) is 13.4. The Labute approximate surface area is 213 Å². The van der Waals surface area contributed by atoms with Gasteiger partial charge in [0, 0.05) is 11.1 Å². The van der Waals surface area contributed by atoms with Crippen LogP contribution in [0.1, 0.15) is 82.6 Å². The topological polar surface area (TPSA) is 9.23 Å². The molecule has 3 aromatic rings. The first-order valence-electron chi connectivity index (χ1n) is 13.4. The van der Waals surface area contributed by atoms with Gasteiger partial charge in [-0.05, 0) is 72.4 Å². The van der Waals surface area contributed by atoms with E-state index in [1.807, 2.05) is 6.07 Å². The molecule has 1 saturated carbocycles. The number of rotatable bonds is 10. The molecule has 4 rings (SSSR count). The fourth-order valence-electron chi connectivity index (χ4n) is 5.58. The van der Waals surface area contributed by atoms with Crippen LogP contribution in [0, 0.1) is 23.4 Å². The van der Waals surface area contributed by atoms with Crippen LogP contribution in [0.25, 0.3) is 22.3 Å². The van der Waals surface area contributed by atoms with Crippen molar-refractivity contribution in [1.82, 2.24) is 0 Å². The molecule has 0 unspecified atom stereocenters. The molecule has 0 aromatic heterocycles.